The standard InChI is InChI=1S/C11H15NO/c1-3-4-9-5-10(8-13)7-11(6-9)12-2/h5-8,12H,3-4H2,1-2H3. The zero-order valence-corrected chi connectivity index (χ0v) is 8.13. The lowest BCUT2D eigenvalue weighted by atomic mass is 10.1. The van der Waals surface area contributed by atoms with Gasteiger partial charge >= 0.3 is 0 Å². The number of aldehydes is 1. The van der Waals surface area contributed by atoms with E-state index in [9.17, 15) is 4.79 Å². The molecule has 0 unspecified atom stereocenters. The predicted octanol–water partition coefficient (Wildman–Crippen LogP) is 2.49. The number of benzene rings is 1. The highest BCUT2D eigenvalue weighted by atomic mass is 16.1. The van der Waals surface area contributed by atoms with E-state index in [2.05, 4.69) is 18.3 Å². The van der Waals surface area contributed by atoms with E-state index in [1.54, 1.807) is 0 Å². The quantitative estimate of drug-likeness (QED) is 0.716. The Morgan fingerprint density at radius 2 is 2.15 bits per heavy atom. The summed E-state index contributed by atoms with van der Waals surface area (Å²) in [4.78, 5) is 10.6. The number of aryl methyl sites for hydroxylation is 1. The van der Waals surface area contributed by atoms with E-state index in [1.165, 1.54) is 5.56 Å². The summed E-state index contributed by atoms with van der Waals surface area (Å²) in [6, 6.07) is 5.88. The van der Waals surface area contributed by atoms with Crippen molar-refractivity contribution in [3.05, 3.63) is 29.3 Å². The van der Waals surface area contributed by atoms with Crippen LogP contribution in [0.1, 0.15) is 29.3 Å². The van der Waals surface area contributed by atoms with E-state index < -0.39 is 0 Å². The molecule has 13 heavy (non-hydrogen) atoms. The second-order valence-electron chi connectivity index (χ2n) is 3.08. The molecule has 0 aromatic heterocycles. The minimum atomic E-state index is 0.746. The summed E-state index contributed by atoms with van der Waals surface area (Å²) in [6.07, 6.45) is 3.02. The second kappa shape index (κ2) is 4.65. The molecule has 1 aromatic rings. The smallest absolute Gasteiger partial charge is 0.150 e. The molecule has 1 aromatic carbocycles. The largest absolute Gasteiger partial charge is 0.388 e. The van der Waals surface area contributed by atoms with Crippen LogP contribution in [0.5, 0.6) is 0 Å². The topological polar surface area (TPSA) is 29.1 Å². The third-order valence-electron chi connectivity index (χ3n) is 1.98. The lowest BCUT2D eigenvalue weighted by Crippen LogP contribution is -1.93. The fourth-order valence-electron chi connectivity index (χ4n) is 1.36. The number of hydrogen-bond acceptors (Lipinski definition) is 2. The molecular weight excluding hydrogens is 162 g/mol. The lowest BCUT2D eigenvalue weighted by molar-refractivity contribution is 0.112. The van der Waals surface area contributed by atoms with Crippen LogP contribution in [0.2, 0.25) is 0 Å². The first kappa shape index (κ1) is 9.78. The number of nitrogens with one attached hydrogen (secondary N) is 1. The van der Waals surface area contributed by atoms with E-state index in [1.807, 2.05) is 19.2 Å². The summed E-state index contributed by atoms with van der Waals surface area (Å²) in [6.45, 7) is 2.13. The molecule has 70 valence electrons. The van der Waals surface area contributed by atoms with Crippen molar-refractivity contribution in [2.45, 2.75) is 19.8 Å². The number of hydrogen-bond donors (Lipinski definition) is 1. The van der Waals surface area contributed by atoms with Crippen molar-refractivity contribution in [2.24, 2.45) is 0 Å². The van der Waals surface area contributed by atoms with Gasteiger partial charge in [-0.3, -0.25) is 4.79 Å². The van der Waals surface area contributed by atoms with Crippen molar-refractivity contribution < 1.29 is 4.79 Å². The maximum Gasteiger partial charge on any atom is 0.150 e. The molecular formula is C11H15NO. The molecule has 0 aliphatic heterocycles. The maximum absolute atomic E-state index is 10.6. The van der Waals surface area contributed by atoms with Gasteiger partial charge in [-0.1, -0.05) is 13.3 Å². The van der Waals surface area contributed by atoms with Gasteiger partial charge in [0, 0.05) is 18.3 Å². The zero-order chi connectivity index (χ0) is 9.68. The Morgan fingerprint density at radius 1 is 1.38 bits per heavy atom. The van der Waals surface area contributed by atoms with E-state index in [-0.39, 0.29) is 0 Å². The Kier molecular flexibility index (Phi) is 3.50. The first-order valence-electron chi connectivity index (χ1n) is 4.57. The van der Waals surface area contributed by atoms with Gasteiger partial charge in [0.15, 0.2) is 0 Å². The Balaban J connectivity index is 2.99. The lowest BCUT2D eigenvalue weighted by Gasteiger charge is -2.05. The molecule has 1 N–H and O–H groups in total. The Hall–Kier alpha value is -1.31. The first-order valence-corrected chi connectivity index (χ1v) is 4.57. The molecule has 2 heteroatoms. The SMILES string of the molecule is CCCc1cc(C=O)cc(NC)c1. The van der Waals surface area contributed by atoms with Gasteiger partial charge in [0.2, 0.25) is 0 Å². The Morgan fingerprint density at radius 3 is 2.69 bits per heavy atom. The molecule has 0 saturated heterocycles. The minimum Gasteiger partial charge on any atom is -0.388 e. The van der Waals surface area contributed by atoms with Crippen molar-refractivity contribution in [1.82, 2.24) is 0 Å². The summed E-state index contributed by atoms with van der Waals surface area (Å²) in [5.41, 5.74) is 2.97. The van der Waals surface area contributed by atoms with Gasteiger partial charge in [-0.25, -0.2) is 0 Å². The fourth-order valence-corrected chi connectivity index (χ4v) is 1.36. The van der Waals surface area contributed by atoms with Crippen molar-refractivity contribution in [2.75, 3.05) is 12.4 Å². The molecule has 0 saturated carbocycles. The van der Waals surface area contributed by atoms with Crippen molar-refractivity contribution in [1.29, 1.82) is 0 Å². The molecule has 0 aliphatic carbocycles. The minimum absolute atomic E-state index is 0.746. The molecule has 1 rings (SSSR count). The van der Waals surface area contributed by atoms with Gasteiger partial charge in [-0.2, -0.15) is 0 Å². The average molecular weight is 177 g/mol. The van der Waals surface area contributed by atoms with Crippen molar-refractivity contribution >= 4 is 12.0 Å². The van der Waals surface area contributed by atoms with Gasteiger partial charge in [-0.15, -0.1) is 0 Å². The van der Waals surface area contributed by atoms with E-state index in [0.29, 0.717) is 0 Å². The van der Waals surface area contributed by atoms with Crippen LogP contribution in [0, 0.1) is 0 Å². The van der Waals surface area contributed by atoms with Crippen LogP contribution in [-0.2, 0) is 6.42 Å². The molecule has 0 spiro atoms. The molecule has 0 bridgehead atoms. The van der Waals surface area contributed by atoms with Crippen molar-refractivity contribution in [3.63, 3.8) is 0 Å². The number of carbonyl (C=O) groups excluding carboxylic acids is 1. The molecule has 0 amide bonds. The first-order chi connectivity index (χ1) is 6.30. The van der Waals surface area contributed by atoms with Crippen LogP contribution < -0.4 is 5.32 Å². The number of carbonyl (C=O) groups is 1. The summed E-state index contributed by atoms with van der Waals surface area (Å²) in [5.74, 6) is 0. The van der Waals surface area contributed by atoms with Gasteiger partial charge < -0.3 is 5.32 Å². The summed E-state index contributed by atoms with van der Waals surface area (Å²) >= 11 is 0. The highest BCUT2D eigenvalue weighted by Gasteiger charge is 1.98. The summed E-state index contributed by atoms with van der Waals surface area (Å²) < 4.78 is 0. The third-order valence-corrected chi connectivity index (χ3v) is 1.98. The second-order valence-corrected chi connectivity index (χ2v) is 3.08. The molecule has 0 fully saturated rings. The average Bonchev–Trinajstić information content (AvgIpc) is 2.17. The monoisotopic (exact) mass is 177 g/mol. The van der Waals surface area contributed by atoms with Crippen LogP contribution in [-0.4, -0.2) is 13.3 Å². The Labute approximate surface area is 79.0 Å². The molecule has 2 nitrogen and oxygen atoms in total. The highest BCUT2D eigenvalue weighted by molar-refractivity contribution is 5.77. The van der Waals surface area contributed by atoms with Crippen LogP contribution in [0.15, 0.2) is 18.2 Å². The van der Waals surface area contributed by atoms with Crippen LogP contribution in [0.4, 0.5) is 5.69 Å². The van der Waals surface area contributed by atoms with E-state index in [4.69, 9.17) is 0 Å². The summed E-state index contributed by atoms with van der Waals surface area (Å²) in [5, 5.41) is 3.04. The fraction of sp³-hybridized carbons (Fsp3) is 0.364. The molecule has 0 aliphatic rings. The molecule has 0 heterocycles. The van der Waals surface area contributed by atoms with Crippen LogP contribution in [0.3, 0.4) is 0 Å². The number of anilines is 1. The zero-order valence-electron chi connectivity index (χ0n) is 8.13. The molecule has 0 radical (unpaired) electrons. The van der Waals surface area contributed by atoms with Crippen LogP contribution in [0.25, 0.3) is 0 Å². The highest BCUT2D eigenvalue weighted by Crippen LogP contribution is 2.14. The van der Waals surface area contributed by atoms with E-state index >= 15 is 0 Å². The maximum atomic E-state index is 10.6. The normalized spacial score (nSPS) is 9.69. The van der Waals surface area contributed by atoms with Crippen molar-refractivity contribution in [3.8, 4) is 0 Å². The molecule has 0 atom stereocenters. The van der Waals surface area contributed by atoms with Gasteiger partial charge in [0.1, 0.15) is 6.29 Å². The number of rotatable bonds is 4. The van der Waals surface area contributed by atoms with Gasteiger partial charge in [-0.05, 0) is 30.2 Å². The van der Waals surface area contributed by atoms with E-state index in [0.717, 1.165) is 30.4 Å². The third kappa shape index (κ3) is 2.58. The predicted molar refractivity (Wildman–Crippen MR) is 55.4 cm³/mol. The summed E-state index contributed by atoms with van der Waals surface area (Å²) in [7, 11) is 1.86. The Bertz CT molecular complexity index is 294. The van der Waals surface area contributed by atoms with Crippen LogP contribution >= 0.6 is 0 Å². The van der Waals surface area contributed by atoms with Gasteiger partial charge in [0.05, 0.1) is 0 Å². The van der Waals surface area contributed by atoms with Gasteiger partial charge in [0.25, 0.3) is 0 Å².